The number of carbonyl (C=O) groups excluding carboxylic acids is 2. The first-order valence-electron chi connectivity index (χ1n) is 5.54. The molecule has 8 heteroatoms. The minimum atomic E-state index is -0.465. The predicted molar refractivity (Wildman–Crippen MR) is 65.9 cm³/mol. The summed E-state index contributed by atoms with van der Waals surface area (Å²) >= 11 is 0. The Morgan fingerprint density at radius 1 is 1.32 bits per heavy atom. The lowest BCUT2D eigenvalue weighted by Gasteiger charge is -1.98. The monoisotopic (exact) mass is 263 g/mol. The van der Waals surface area contributed by atoms with E-state index in [1.54, 1.807) is 13.8 Å². The van der Waals surface area contributed by atoms with Crippen LogP contribution >= 0.6 is 0 Å². The largest absolute Gasteiger partial charge is 0.436 e. The number of hydrogen-bond donors (Lipinski definition) is 3. The zero-order chi connectivity index (χ0) is 14.0. The number of H-pyrrole nitrogens is 1. The van der Waals surface area contributed by atoms with Crippen LogP contribution in [0.25, 0.3) is 0 Å². The van der Waals surface area contributed by atoms with Crippen molar-refractivity contribution >= 4 is 17.6 Å². The quantitative estimate of drug-likeness (QED) is 0.751. The Morgan fingerprint density at radius 2 is 2.05 bits per heavy atom. The van der Waals surface area contributed by atoms with Crippen LogP contribution in [0.1, 0.15) is 32.6 Å². The number of aryl methyl sites for hydroxylation is 2. The maximum absolute atomic E-state index is 11.9. The molecule has 2 aromatic rings. The Hall–Kier alpha value is -2.64. The SMILES string of the molecule is CNC(=O)c1cc(NC(=O)c2oc(C)nc2C)n[nH]1. The molecule has 0 fully saturated rings. The Morgan fingerprint density at radius 3 is 2.63 bits per heavy atom. The first kappa shape index (κ1) is 12.8. The molecule has 0 saturated carbocycles. The van der Waals surface area contributed by atoms with Crippen LogP contribution in [0.4, 0.5) is 5.82 Å². The van der Waals surface area contributed by atoms with Crippen LogP contribution in [-0.4, -0.2) is 34.0 Å². The van der Waals surface area contributed by atoms with Crippen molar-refractivity contribution in [2.24, 2.45) is 0 Å². The van der Waals surface area contributed by atoms with Gasteiger partial charge in [0.05, 0.1) is 5.69 Å². The Labute approximate surface area is 108 Å². The van der Waals surface area contributed by atoms with Gasteiger partial charge in [-0.2, -0.15) is 5.10 Å². The lowest BCUT2D eigenvalue weighted by molar-refractivity contribution is 0.0956. The van der Waals surface area contributed by atoms with E-state index in [2.05, 4.69) is 25.8 Å². The topological polar surface area (TPSA) is 113 Å². The van der Waals surface area contributed by atoms with Crippen molar-refractivity contribution in [1.82, 2.24) is 20.5 Å². The summed E-state index contributed by atoms with van der Waals surface area (Å²) in [7, 11) is 1.50. The normalized spacial score (nSPS) is 10.3. The third-order valence-electron chi connectivity index (χ3n) is 2.40. The molecule has 0 aliphatic carbocycles. The molecule has 0 bridgehead atoms. The predicted octanol–water partition coefficient (Wildman–Crippen LogP) is 0.626. The number of nitrogens with one attached hydrogen (secondary N) is 3. The Kier molecular flexibility index (Phi) is 3.32. The lowest BCUT2D eigenvalue weighted by Crippen LogP contribution is -2.18. The third-order valence-corrected chi connectivity index (χ3v) is 2.40. The highest BCUT2D eigenvalue weighted by Gasteiger charge is 2.17. The van der Waals surface area contributed by atoms with E-state index in [1.807, 2.05) is 0 Å². The summed E-state index contributed by atoms with van der Waals surface area (Å²) in [5.41, 5.74) is 0.750. The number of hydrogen-bond acceptors (Lipinski definition) is 5. The number of oxazole rings is 1. The van der Waals surface area contributed by atoms with Crippen LogP contribution in [-0.2, 0) is 0 Å². The van der Waals surface area contributed by atoms with E-state index in [0.717, 1.165) is 0 Å². The van der Waals surface area contributed by atoms with Gasteiger partial charge in [-0.1, -0.05) is 0 Å². The number of nitrogens with zero attached hydrogens (tertiary/aromatic N) is 2. The van der Waals surface area contributed by atoms with E-state index in [0.29, 0.717) is 11.6 Å². The number of aromatic amines is 1. The van der Waals surface area contributed by atoms with Crippen molar-refractivity contribution in [3.63, 3.8) is 0 Å². The second-order valence-corrected chi connectivity index (χ2v) is 3.85. The van der Waals surface area contributed by atoms with Gasteiger partial charge < -0.3 is 15.1 Å². The van der Waals surface area contributed by atoms with Crippen molar-refractivity contribution in [2.45, 2.75) is 13.8 Å². The molecule has 0 spiro atoms. The van der Waals surface area contributed by atoms with Gasteiger partial charge in [-0.3, -0.25) is 14.7 Å². The molecule has 0 unspecified atom stereocenters. The van der Waals surface area contributed by atoms with E-state index >= 15 is 0 Å². The zero-order valence-corrected chi connectivity index (χ0v) is 10.7. The van der Waals surface area contributed by atoms with Crippen molar-refractivity contribution in [2.75, 3.05) is 12.4 Å². The maximum Gasteiger partial charge on any atom is 0.294 e. The fourth-order valence-electron chi connectivity index (χ4n) is 1.55. The summed E-state index contributed by atoms with van der Waals surface area (Å²) in [5, 5.41) is 11.3. The summed E-state index contributed by atoms with van der Waals surface area (Å²) in [6, 6.07) is 1.43. The molecule has 0 radical (unpaired) electrons. The second-order valence-electron chi connectivity index (χ2n) is 3.85. The molecule has 8 nitrogen and oxygen atoms in total. The number of amides is 2. The van der Waals surface area contributed by atoms with Gasteiger partial charge >= 0.3 is 0 Å². The lowest BCUT2D eigenvalue weighted by atomic mass is 10.3. The molecule has 2 aromatic heterocycles. The van der Waals surface area contributed by atoms with E-state index in [1.165, 1.54) is 13.1 Å². The zero-order valence-electron chi connectivity index (χ0n) is 10.7. The summed E-state index contributed by atoms with van der Waals surface area (Å²) in [6.07, 6.45) is 0. The molecular formula is C11H13N5O3. The fourth-order valence-corrected chi connectivity index (χ4v) is 1.55. The van der Waals surface area contributed by atoms with E-state index in [4.69, 9.17) is 4.42 Å². The second kappa shape index (κ2) is 4.92. The van der Waals surface area contributed by atoms with Crippen molar-refractivity contribution in [3.05, 3.63) is 29.1 Å². The highest BCUT2D eigenvalue weighted by molar-refractivity contribution is 6.03. The molecular weight excluding hydrogens is 250 g/mol. The molecule has 19 heavy (non-hydrogen) atoms. The molecule has 2 heterocycles. The standard InChI is InChI=1S/C11H13N5O3/c1-5-9(19-6(2)13-5)11(18)14-8-4-7(15-16-8)10(17)12-3/h4H,1-3H3,(H,12,17)(H2,14,15,16,18). The van der Waals surface area contributed by atoms with E-state index in [-0.39, 0.29) is 23.2 Å². The number of aromatic nitrogens is 3. The summed E-state index contributed by atoms with van der Waals surface area (Å²) < 4.78 is 5.18. The average molecular weight is 263 g/mol. The minimum Gasteiger partial charge on any atom is -0.436 e. The Bertz CT molecular complexity index is 628. The molecule has 0 aromatic carbocycles. The van der Waals surface area contributed by atoms with Gasteiger partial charge in [0.15, 0.2) is 11.7 Å². The molecule has 0 aliphatic rings. The molecule has 0 aliphatic heterocycles. The molecule has 0 atom stereocenters. The third kappa shape index (κ3) is 2.62. The van der Waals surface area contributed by atoms with Crippen LogP contribution in [0.15, 0.2) is 10.5 Å². The molecule has 0 saturated heterocycles. The van der Waals surface area contributed by atoms with Crippen LogP contribution in [0.2, 0.25) is 0 Å². The first-order chi connectivity index (χ1) is 9.01. The molecule has 2 rings (SSSR count). The van der Waals surface area contributed by atoms with Gasteiger partial charge in [0, 0.05) is 20.0 Å². The minimum absolute atomic E-state index is 0.127. The van der Waals surface area contributed by atoms with Crippen LogP contribution < -0.4 is 10.6 Å². The maximum atomic E-state index is 11.9. The van der Waals surface area contributed by atoms with Crippen LogP contribution in [0.5, 0.6) is 0 Å². The van der Waals surface area contributed by atoms with Crippen molar-refractivity contribution in [1.29, 1.82) is 0 Å². The molecule has 100 valence electrons. The number of rotatable bonds is 3. The van der Waals surface area contributed by atoms with Gasteiger partial charge in [-0.25, -0.2) is 4.98 Å². The molecule has 3 N–H and O–H groups in total. The van der Waals surface area contributed by atoms with Crippen LogP contribution in [0.3, 0.4) is 0 Å². The summed E-state index contributed by atoms with van der Waals surface area (Å²) in [6.45, 7) is 3.33. The van der Waals surface area contributed by atoms with Crippen molar-refractivity contribution < 1.29 is 14.0 Å². The molecule has 2 amide bonds. The fraction of sp³-hybridized carbons (Fsp3) is 0.273. The van der Waals surface area contributed by atoms with Gasteiger partial charge in [-0.05, 0) is 6.92 Å². The average Bonchev–Trinajstić information content (AvgIpc) is 2.95. The highest BCUT2D eigenvalue weighted by atomic mass is 16.4. The van der Waals surface area contributed by atoms with E-state index < -0.39 is 5.91 Å². The van der Waals surface area contributed by atoms with E-state index in [9.17, 15) is 9.59 Å². The highest BCUT2D eigenvalue weighted by Crippen LogP contribution is 2.12. The Balaban J connectivity index is 2.13. The van der Waals surface area contributed by atoms with Gasteiger partial charge in [0.1, 0.15) is 5.69 Å². The van der Waals surface area contributed by atoms with Crippen LogP contribution in [0, 0.1) is 13.8 Å². The van der Waals surface area contributed by atoms with Gasteiger partial charge in [-0.15, -0.1) is 0 Å². The van der Waals surface area contributed by atoms with Gasteiger partial charge in [0.2, 0.25) is 5.76 Å². The first-order valence-corrected chi connectivity index (χ1v) is 5.54. The smallest absolute Gasteiger partial charge is 0.294 e. The number of carbonyl (C=O) groups is 2. The summed E-state index contributed by atoms with van der Waals surface area (Å²) in [5.74, 6) is -0.0116. The number of anilines is 1. The summed E-state index contributed by atoms with van der Waals surface area (Å²) in [4.78, 5) is 27.2. The van der Waals surface area contributed by atoms with Crippen molar-refractivity contribution in [3.8, 4) is 0 Å². The van der Waals surface area contributed by atoms with Gasteiger partial charge in [0.25, 0.3) is 11.8 Å².